The number of halogens is 3. The Balaban J connectivity index is 1.40. The molecule has 1 fully saturated rings. The fraction of sp³-hybridized carbons (Fsp3) is 0.263. The van der Waals surface area contributed by atoms with E-state index < -0.39 is 17.5 Å². The lowest BCUT2D eigenvalue weighted by atomic mass is 10.1. The minimum absolute atomic E-state index is 0.144. The first-order valence-electron chi connectivity index (χ1n) is 9.01. The predicted octanol–water partition coefficient (Wildman–Crippen LogP) is 2.04. The van der Waals surface area contributed by atoms with Gasteiger partial charge in [0.1, 0.15) is 17.5 Å². The fourth-order valence-electron chi connectivity index (χ4n) is 3.26. The second-order valence-corrected chi connectivity index (χ2v) is 6.68. The highest BCUT2D eigenvalue weighted by Crippen LogP contribution is 2.16. The fourth-order valence-corrected chi connectivity index (χ4v) is 3.26. The van der Waals surface area contributed by atoms with Gasteiger partial charge in [0.15, 0.2) is 5.82 Å². The number of nitrogens with zero attached hydrogens (tertiary/aromatic N) is 6. The highest BCUT2D eigenvalue weighted by molar-refractivity contribution is 5.94. The first kappa shape index (κ1) is 19.1. The summed E-state index contributed by atoms with van der Waals surface area (Å²) < 4.78 is 41.9. The van der Waals surface area contributed by atoms with Crippen LogP contribution in [0.3, 0.4) is 0 Å². The van der Waals surface area contributed by atoms with Crippen molar-refractivity contribution in [3.05, 3.63) is 71.3 Å². The van der Waals surface area contributed by atoms with E-state index in [1.165, 1.54) is 21.7 Å². The molecule has 1 aliphatic rings. The van der Waals surface area contributed by atoms with Crippen molar-refractivity contribution in [2.75, 3.05) is 26.2 Å². The minimum atomic E-state index is -0.869. The van der Waals surface area contributed by atoms with E-state index in [0.29, 0.717) is 50.3 Å². The van der Waals surface area contributed by atoms with Crippen LogP contribution in [0.25, 0.3) is 5.69 Å². The Bertz CT molecular complexity index is 1030. The van der Waals surface area contributed by atoms with Crippen LogP contribution in [0, 0.1) is 17.5 Å². The maximum Gasteiger partial charge on any atom is 0.256 e. The molecule has 1 amide bonds. The number of piperazine rings is 1. The standard InChI is InChI=1S/C19H17F3N6O/c20-13-2-1-3-15(10-13)28-18(23-24-25-28)12-26-6-8-27(9-7-26)19(29)16-5-4-14(21)11-17(16)22/h1-5,10-11H,6-9,12H2. The van der Waals surface area contributed by atoms with Gasteiger partial charge in [0, 0.05) is 32.2 Å². The molecule has 7 nitrogen and oxygen atoms in total. The largest absolute Gasteiger partial charge is 0.336 e. The molecule has 29 heavy (non-hydrogen) atoms. The number of benzene rings is 2. The van der Waals surface area contributed by atoms with Crippen LogP contribution in [0.2, 0.25) is 0 Å². The van der Waals surface area contributed by atoms with Gasteiger partial charge in [-0.1, -0.05) is 6.07 Å². The summed E-state index contributed by atoms with van der Waals surface area (Å²) in [6.07, 6.45) is 0. The molecule has 4 rings (SSSR count). The Labute approximate surface area is 164 Å². The van der Waals surface area contributed by atoms with Gasteiger partial charge in [0.2, 0.25) is 0 Å². The summed E-state index contributed by atoms with van der Waals surface area (Å²) in [4.78, 5) is 16.1. The lowest BCUT2D eigenvalue weighted by Gasteiger charge is -2.34. The van der Waals surface area contributed by atoms with Gasteiger partial charge in [-0.25, -0.2) is 13.2 Å². The van der Waals surface area contributed by atoms with Crippen molar-refractivity contribution in [2.45, 2.75) is 6.54 Å². The summed E-state index contributed by atoms with van der Waals surface area (Å²) >= 11 is 0. The quantitative estimate of drug-likeness (QED) is 0.668. The van der Waals surface area contributed by atoms with E-state index in [1.807, 2.05) is 4.90 Å². The Morgan fingerprint density at radius 2 is 1.72 bits per heavy atom. The van der Waals surface area contributed by atoms with E-state index >= 15 is 0 Å². The Hall–Kier alpha value is -3.27. The van der Waals surface area contributed by atoms with E-state index in [9.17, 15) is 18.0 Å². The van der Waals surface area contributed by atoms with Crippen LogP contribution in [0.4, 0.5) is 13.2 Å². The summed E-state index contributed by atoms with van der Waals surface area (Å²) in [6, 6.07) is 8.90. The predicted molar refractivity (Wildman–Crippen MR) is 96.7 cm³/mol. The summed E-state index contributed by atoms with van der Waals surface area (Å²) in [5.41, 5.74) is 0.375. The molecule has 0 atom stereocenters. The van der Waals surface area contributed by atoms with Crippen LogP contribution in [-0.4, -0.2) is 62.1 Å². The van der Waals surface area contributed by atoms with E-state index in [-0.39, 0.29) is 11.4 Å². The summed E-state index contributed by atoms with van der Waals surface area (Å²) in [6.45, 7) is 2.25. The summed E-state index contributed by atoms with van der Waals surface area (Å²) in [5, 5.41) is 11.6. The van der Waals surface area contributed by atoms with Crippen molar-refractivity contribution < 1.29 is 18.0 Å². The first-order valence-corrected chi connectivity index (χ1v) is 9.01. The average molecular weight is 402 g/mol. The number of tetrazole rings is 1. The molecule has 2 aromatic carbocycles. The van der Waals surface area contributed by atoms with Gasteiger partial charge in [0.05, 0.1) is 17.8 Å². The van der Waals surface area contributed by atoms with E-state index in [1.54, 1.807) is 12.1 Å². The zero-order valence-electron chi connectivity index (χ0n) is 15.3. The molecule has 0 unspecified atom stereocenters. The van der Waals surface area contributed by atoms with E-state index in [2.05, 4.69) is 15.5 Å². The normalized spacial score (nSPS) is 14.9. The molecule has 2 heterocycles. The maximum absolute atomic E-state index is 13.9. The van der Waals surface area contributed by atoms with Crippen LogP contribution in [0.1, 0.15) is 16.2 Å². The molecule has 0 aliphatic carbocycles. The molecule has 10 heteroatoms. The topological polar surface area (TPSA) is 67.2 Å². The molecule has 0 radical (unpaired) electrons. The lowest BCUT2D eigenvalue weighted by Crippen LogP contribution is -2.48. The minimum Gasteiger partial charge on any atom is -0.336 e. The third-order valence-electron chi connectivity index (χ3n) is 4.77. The second-order valence-electron chi connectivity index (χ2n) is 6.68. The molecule has 150 valence electrons. The highest BCUT2D eigenvalue weighted by Gasteiger charge is 2.25. The van der Waals surface area contributed by atoms with Gasteiger partial charge in [-0.2, -0.15) is 4.68 Å². The number of hydrogen-bond donors (Lipinski definition) is 0. The Morgan fingerprint density at radius 1 is 0.966 bits per heavy atom. The van der Waals surface area contributed by atoms with Gasteiger partial charge in [-0.3, -0.25) is 9.69 Å². The van der Waals surface area contributed by atoms with Crippen molar-refractivity contribution >= 4 is 5.91 Å². The molecule has 1 aromatic heterocycles. The van der Waals surface area contributed by atoms with Crippen molar-refractivity contribution in [1.82, 2.24) is 30.0 Å². The molecule has 0 bridgehead atoms. The Morgan fingerprint density at radius 3 is 2.45 bits per heavy atom. The average Bonchev–Trinajstić information content (AvgIpc) is 3.16. The van der Waals surface area contributed by atoms with Gasteiger partial charge >= 0.3 is 0 Å². The van der Waals surface area contributed by atoms with Gasteiger partial charge in [-0.05, 0) is 40.8 Å². The molecule has 0 saturated carbocycles. The number of rotatable bonds is 4. The highest BCUT2D eigenvalue weighted by atomic mass is 19.1. The molecular weight excluding hydrogens is 385 g/mol. The third kappa shape index (κ3) is 4.11. The third-order valence-corrected chi connectivity index (χ3v) is 4.77. The van der Waals surface area contributed by atoms with E-state index in [0.717, 1.165) is 12.1 Å². The number of carbonyl (C=O) groups excluding carboxylic acids is 1. The zero-order valence-corrected chi connectivity index (χ0v) is 15.3. The smallest absolute Gasteiger partial charge is 0.256 e. The van der Waals surface area contributed by atoms with Gasteiger partial charge in [0.25, 0.3) is 5.91 Å². The lowest BCUT2D eigenvalue weighted by molar-refractivity contribution is 0.0620. The van der Waals surface area contributed by atoms with Gasteiger partial charge in [-0.15, -0.1) is 5.10 Å². The van der Waals surface area contributed by atoms with Crippen molar-refractivity contribution in [2.24, 2.45) is 0 Å². The monoisotopic (exact) mass is 402 g/mol. The molecule has 1 saturated heterocycles. The van der Waals surface area contributed by atoms with Crippen LogP contribution >= 0.6 is 0 Å². The molecule has 0 N–H and O–H groups in total. The Kier molecular flexibility index (Phi) is 5.26. The molecule has 0 spiro atoms. The maximum atomic E-state index is 13.9. The number of hydrogen-bond acceptors (Lipinski definition) is 5. The van der Waals surface area contributed by atoms with Crippen LogP contribution in [-0.2, 0) is 6.54 Å². The zero-order chi connectivity index (χ0) is 20.4. The van der Waals surface area contributed by atoms with Crippen molar-refractivity contribution in [1.29, 1.82) is 0 Å². The van der Waals surface area contributed by atoms with Crippen molar-refractivity contribution in [3.8, 4) is 5.69 Å². The SMILES string of the molecule is O=C(c1ccc(F)cc1F)N1CCN(Cc2nnnn2-c2cccc(F)c2)CC1. The number of carbonyl (C=O) groups is 1. The van der Waals surface area contributed by atoms with Crippen molar-refractivity contribution in [3.63, 3.8) is 0 Å². The summed E-state index contributed by atoms with van der Waals surface area (Å²) in [7, 11) is 0. The molecule has 1 aliphatic heterocycles. The van der Waals surface area contributed by atoms with Crippen LogP contribution in [0.15, 0.2) is 42.5 Å². The van der Waals surface area contributed by atoms with Gasteiger partial charge < -0.3 is 4.90 Å². The molecular formula is C19H17F3N6O. The van der Waals surface area contributed by atoms with Crippen LogP contribution < -0.4 is 0 Å². The summed E-state index contributed by atoms with van der Waals surface area (Å²) in [5.74, 6) is -1.90. The number of amides is 1. The van der Waals surface area contributed by atoms with E-state index in [4.69, 9.17) is 0 Å². The first-order chi connectivity index (χ1) is 14.0. The van der Waals surface area contributed by atoms with Crippen LogP contribution in [0.5, 0.6) is 0 Å². The molecule has 3 aromatic rings. The second kappa shape index (κ2) is 8.00. The number of aromatic nitrogens is 4.